The predicted octanol–water partition coefficient (Wildman–Crippen LogP) is -0.243. The van der Waals surface area contributed by atoms with E-state index in [0.29, 0.717) is 19.4 Å². The van der Waals surface area contributed by atoms with Gasteiger partial charge in [0.25, 0.3) is 0 Å². The number of carboxylic acids is 2. The third-order valence-corrected chi connectivity index (χ3v) is 3.88. The molecule has 3 atom stereocenters. The van der Waals surface area contributed by atoms with Crippen LogP contribution in [0.3, 0.4) is 0 Å². The summed E-state index contributed by atoms with van der Waals surface area (Å²) in [7, 11) is 0. The summed E-state index contributed by atoms with van der Waals surface area (Å²) in [5.74, 6) is -6.49. The molecule has 1 aliphatic rings. The van der Waals surface area contributed by atoms with Crippen LogP contribution in [0.5, 0.6) is 0 Å². The summed E-state index contributed by atoms with van der Waals surface area (Å²) < 4.78 is 15.2. The highest BCUT2D eigenvalue weighted by Crippen LogP contribution is 2.36. The molecule has 0 aromatic heterocycles. The van der Waals surface area contributed by atoms with Crippen LogP contribution in [0.15, 0.2) is 0 Å². The number of aliphatic hydroxyl groups excluding tert-OH is 1. The molecule has 24 heavy (non-hydrogen) atoms. The summed E-state index contributed by atoms with van der Waals surface area (Å²) in [5, 5.41) is 26.9. The molecule has 1 fully saturated rings. The van der Waals surface area contributed by atoms with Gasteiger partial charge in [-0.05, 0) is 12.8 Å². The first kappa shape index (κ1) is 20.3. The van der Waals surface area contributed by atoms with Gasteiger partial charge in [-0.1, -0.05) is 6.42 Å². The number of aliphatic hydroxyl groups is 1. The molecule has 0 amide bonds. The van der Waals surface area contributed by atoms with E-state index in [0.717, 1.165) is 0 Å². The van der Waals surface area contributed by atoms with Crippen molar-refractivity contribution in [3.63, 3.8) is 0 Å². The molecule has 0 heterocycles. The van der Waals surface area contributed by atoms with Crippen LogP contribution < -0.4 is 0 Å². The van der Waals surface area contributed by atoms with Gasteiger partial charge >= 0.3 is 17.9 Å². The first-order valence-electron chi connectivity index (χ1n) is 7.87. The summed E-state index contributed by atoms with van der Waals surface area (Å²) in [6.07, 6.45) is 1.02. The van der Waals surface area contributed by atoms with Crippen LogP contribution in [0, 0.1) is 17.8 Å². The lowest BCUT2D eigenvalue weighted by atomic mass is 9.72. The molecular formula is C15H24O9. The van der Waals surface area contributed by atoms with E-state index in [4.69, 9.17) is 24.4 Å². The Morgan fingerprint density at radius 3 is 2.00 bits per heavy atom. The van der Waals surface area contributed by atoms with E-state index in [1.807, 2.05) is 0 Å². The molecule has 3 N–H and O–H groups in total. The lowest BCUT2D eigenvalue weighted by molar-refractivity contribution is -0.168. The lowest BCUT2D eigenvalue weighted by Gasteiger charge is -2.31. The van der Waals surface area contributed by atoms with Gasteiger partial charge in [0.1, 0.15) is 6.61 Å². The fourth-order valence-corrected chi connectivity index (χ4v) is 2.78. The van der Waals surface area contributed by atoms with Gasteiger partial charge in [-0.3, -0.25) is 14.4 Å². The van der Waals surface area contributed by atoms with Crippen LogP contribution in [0.2, 0.25) is 0 Å². The Kier molecular flexibility index (Phi) is 9.28. The van der Waals surface area contributed by atoms with E-state index in [1.165, 1.54) is 0 Å². The molecule has 0 aliphatic heterocycles. The Balaban J connectivity index is 2.37. The number of aliphatic carboxylic acids is 2. The minimum Gasteiger partial charge on any atom is -0.481 e. The smallest absolute Gasteiger partial charge is 0.309 e. The van der Waals surface area contributed by atoms with Crippen LogP contribution in [0.4, 0.5) is 0 Å². The number of carbonyl (C=O) groups is 3. The number of carboxylic acid groups (broad SMARTS) is 2. The number of hydrogen-bond donors (Lipinski definition) is 3. The van der Waals surface area contributed by atoms with E-state index in [2.05, 4.69) is 0 Å². The molecule has 9 heteroatoms. The average Bonchev–Trinajstić information content (AvgIpc) is 2.56. The molecule has 0 spiro atoms. The first-order chi connectivity index (χ1) is 11.5. The van der Waals surface area contributed by atoms with Gasteiger partial charge in [0.05, 0.1) is 50.8 Å². The van der Waals surface area contributed by atoms with E-state index >= 15 is 0 Å². The Hall–Kier alpha value is -1.71. The quantitative estimate of drug-likeness (QED) is 0.341. The Morgan fingerprint density at radius 1 is 0.833 bits per heavy atom. The molecule has 0 saturated heterocycles. The molecular weight excluding hydrogens is 324 g/mol. The second-order valence-corrected chi connectivity index (χ2v) is 5.46. The molecule has 1 saturated carbocycles. The van der Waals surface area contributed by atoms with Crippen LogP contribution in [0.25, 0.3) is 0 Å². The minimum atomic E-state index is -1.29. The summed E-state index contributed by atoms with van der Waals surface area (Å²) in [5.41, 5.74) is 0. The van der Waals surface area contributed by atoms with Gasteiger partial charge in [-0.2, -0.15) is 0 Å². The Bertz CT molecular complexity index is 423. The fourth-order valence-electron chi connectivity index (χ4n) is 2.78. The van der Waals surface area contributed by atoms with Crippen molar-refractivity contribution in [2.24, 2.45) is 17.8 Å². The van der Waals surface area contributed by atoms with Gasteiger partial charge in [-0.15, -0.1) is 0 Å². The van der Waals surface area contributed by atoms with Crippen molar-refractivity contribution in [2.75, 3.05) is 39.6 Å². The van der Waals surface area contributed by atoms with Crippen molar-refractivity contribution in [1.82, 2.24) is 0 Å². The summed E-state index contributed by atoms with van der Waals surface area (Å²) in [6.45, 7) is 0.821. The first-order valence-corrected chi connectivity index (χ1v) is 7.87. The van der Waals surface area contributed by atoms with Crippen molar-refractivity contribution in [2.45, 2.75) is 19.3 Å². The van der Waals surface area contributed by atoms with Crippen LogP contribution in [0.1, 0.15) is 19.3 Å². The van der Waals surface area contributed by atoms with E-state index in [-0.39, 0.29) is 39.5 Å². The zero-order valence-electron chi connectivity index (χ0n) is 13.4. The zero-order chi connectivity index (χ0) is 17.9. The fraction of sp³-hybridized carbons (Fsp3) is 0.800. The number of esters is 1. The molecule has 1 rings (SSSR count). The van der Waals surface area contributed by atoms with E-state index < -0.39 is 35.7 Å². The number of hydrogen-bond acceptors (Lipinski definition) is 7. The van der Waals surface area contributed by atoms with Gasteiger partial charge in [0.15, 0.2) is 0 Å². The Morgan fingerprint density at radius 2 is 1.42 bits per heavy atom. The highest BCUT2D eigenvalue weighted by molar-refractivity contribution is 5.86. The topological polar surface area (TPSA) is 140 Å². The molecule has 0 radical (unpaired) electrons. The maximum absolute atomic E-state index is 12.1. The van der Waals surface area contributed by atoms with Crippen molar-refractivity contribution in [3.05, 3.63) is 0 Å². The summed E-state index contributed by atoms with van der Waals surface area (Å²) >= 11 is 0. The molecule has 0 aromatic carbocycles. The predicted molar refractivity (Wildman–Crippen MR) is 79.3 cm³/mol. The molecule has 138 valence electrons. The maximum Gasteiger partial charge on any atom is 0.309 e. The third-order valence-electron chi connectivity index (χ3n) is 3.88. The maximum atomic E-state index is 12.1. The summed E-state index contributed by atoms with van der Waals surface area (Å²) in [4.78, 5) is 34.6. The third kappa shape index (κ3) is 6.42. The summed E-state index contributed by atoms with van der Waals surface area (Å²) in [6, 6.07) is 0. The van der Waals surface area contributed by atoms with Gasteiger partial charge in [0.2, 0.25) is 0 Å². The second-order valence-electron chi connectivity index (χ2n) is 5.46. The van der Waals surface area contributed by atoms with Crippen molar-refractivity contribution in [1.29, 1.82) is 0 Å². The van der Waals surface area contributed by atoms with Gasteiger partial charge in [-0.25, -0.2) is 0 Å². The standard InChI is InChI=1S/C15H24O9/c16-4-5-22-6-7-23-8-9-24-15(21)11-3-1-2-10(13(17)18)12(11)14(19)20/h10-12,16H,1-9H2,(H,17,18)(H,19,20). The largest absolute Gasteiger partial charge is 0.481 e. The van der Waals surface area contributed by atoms with Crippen LogP contribution >= 0.6 is 0 Å². The highest BCUT2D eigenvalue weighted by Gasteiger charge is 2.46. The van der Waals surface area contributed by atoms with Crippen molar-refractivity contribution >= 4 is 17.9 Å². The molecule has 3 unspecified atom stereocenters. The highest BCUT2D eigenvalue weighted by atomic mass is 16.6. The number of ether oxygens (including phenoxy) is 3. The van der Waals surface area contributed by atoms with Crippen LogP contribution in [-0.4, -0.2) is 72.9 Å². The number of rotatable bonds is 11. The molecule has 0 aromatic rings. The Labute approximate surface area is 139 Å². The zero-order valence-corrected chi connectivity index (χ0v) is 13.4. The molecule has 0 bridgehead atoms. The second kappa shape index (κ2) is 11.0. The van der Waals surface area contributed by atoms with Crippen molar-refractivity contribution < 1.29 is 43.9 Å². The lowest BCUT2D eigenvalue weighted by Crippen LogP contribution is -2.42. The van der Waals surface area contributed by atoms with E-state index in [1.54, 1.807) is 0 Å². The average molecular weight is 348 g/mol. The number of carbonyl (C=O) groups excluding carboxylic acids is 1. The monoisotopic (exact) mass is 348 g/mol. The van der Waals surface area contributed by atoms with E-state index in [9.17, 15) is 19.5 Å². The van der Waals surface area contributed by atoms with Crippen molar-refractivity contribution in [3.8, 4) is 0 Å². The normalized spacial score (nSPS) is 23.6. The molecule has 9 nitrogen and oxygen atoms in total. The van der Waals surface area contributed by atoms with Gasteiger partial charge < -0.3 is 29.5 Å². The SMILES string of the molecule is O=C(O)C1CCCC(C(=O)OCCOCCOCCO)C1C(=O)O. The van der Waals surface area contributed by atoms with Gasteiger partial charge in [0, 0.05) is 0 Å². The van der Waals surface area contributed by atoms with Crippen LogP contribution in [-0.2, 0) is 28.6 Å². The molecule has 1 aliphatic carbocycles. The minimum absolute atomic E-state index is 0.0423.